The van der Waals surface area contributed by atoms with E-state index >= 15 is 0 Å². The summed E-state index contributed by atoms with van der Waals surface area (Å²) in [7, 11) is -1.81. The highest BCUT2D eigenvalue weighted by Gasteiger charge is 2.21. The van der Waals surface area contributed by atoms with Gasteiger partial charge in [-0.15, -0.1) is 0 Å². The molecule has 0 rings (SSSR count). The van der Waals surface area contributed by atoms with Crippen LogP contribution in [-0.4, -0.2) is 32.5 Å². The Morgan fingerprint density at radius 1 is 1.27 bits per heavy atom. The minimum Gasteiger partial charge on any atom is -0.466 e. The molecule has 0 radical (unpaired) electrons. The smallest absolute Gasteiger partial charge is 0.334 e. The van der Waals surface area contributed by atoms with Crippen LogP contribution in [0.15, 0.2) is 12.2 Å². The summed E-state index contributed by atoms with van der Waals surface area (Å²) >= 11 is 0. The standard InChI is InChI=1S/C9H17O5P/c1-4-13-15(11,14-5-2)8-6-7-9(10)12-3/h6-7H,4-5,8H2,1-3H3/b7-6+. The predicted octanol–water partition coefficient (Wildman–Crippen LogP) is 1.98. The Balaban J connectivity index is 4.23. The van der Waals surface area contributed by atoms with E-state index in [1.165, 1.54) is 19.3 Å². The van der Waals surface area contributed by atoms with Gasteiger partial charge in [0.25, 0.3) is 0 Å². The largest absolute Gasteiger partial charge is 0.466 e. The van der Waals surface area contributed by atoms with Crippen molar-refractivity contribution in [3.05, 3.63) is 12.2 Å². The van der Waals surface area contributed by atoms with Crippen LogP contribution >= 0.6 is 7.60 Å². The molecule has 0 saturated heterocycles. The summed E-state index contributed by atoms with van der Waals surface area (Å²) in [6, 6.07) is 0. The normalized spacial score (nSPS) is 11.9. The summed E-state index contributed by atoms with van der Waals surface area (Å²) in [4.78, 5) is 10.7. The van der Waals surface area contributed by atoms with Crippen LogP contribution in [-0.2, 0) is 23.1 Å². The number of carbonyl (C=O) groups excluding carboxylic acids is 1. The lowest BCUT2D eigenvalue weighted by atomic mass is 10.5. The van der Waals surface area contributed by atoms with Gasteiger partial charge in [-0.25, -0.2) is 4.79 Å². The zero-order valence-corrected chi connectivity index (χ0v) is 10.2. The van der Waals surface area contributed by atoms with Crippen LogP contribution in [0.2, 0.25) is 0 Å². The summed E-state index contributed by atoms with van der Waals surface area (Å²) in [5, 5.41) is 0. The molecule has 0 N–H and O–H groups in total. The van der Waals surface area contributed by atoms with Crippen molar-refractivity contribution in [3.63, 3.8) is 0 Å². The van der Waals surface area contributed by atoms with Crippen LogP contribution in [0.3, 0.4) is 0 Å². The van der Waals surface area contributed by atoms with Gasteiger partial charge in [0.05, 0.1) is 26.5 Å². The summed E-state index contributed by atoms with van der Waals surface area (Å²) in [5.74, 6) is -0.491. The number of hydrogen-bond donors (Lipinski definition) is 0. The lowest BCUT2D eigenvalue weighted by Crippen LogP contribution is -2.00. The molecule has 0 aliphatic rings. The fraction of sp³-hybridized carbons (Fsp3) is 0.667. The molecule has 0 aliphatic heterocycles. The number of hydrogen-bond acceptors (Lipinski definition) is 5. The third-order valence-corrected chi connectivity index (χ3v) is 3.40. The molecule has 0 bridgehead atoms. The zero-order valence-electron chi connectivity index (χ0n) is 9.26. The number of allylic oxidation sites excluding steroid dienone is 1. The highest BCUT2D eigenvalue weighted by atomic mass is 31.2. The molecule has 88 valence electrons. The zero-order chi connectivity index (χ0) is 11.7. The monoisotopic (exact) mass is 236 g/mol. The Morgan fingerprint density at radius 2 is 1.80 bits per heavy atom. The molecule has 0 spiro atoms. The number of esters is 1. The molecule has 0 atom stereocenters. The lowest BCUT2D eigenvalue weighted by molar-refractivity contribution is -0.134. The maximum atomic E-state index is 11.8. The molecule has 0 aromatic rings. The van der Waals surface area contributed by atoms with Gasteiger partial charge in [-0.3, -0.25) is 4.57 Å². The molecule has 15 heavy (non-hydrogen) atoms. The van der Waals surface area contributed by atoms with Crippen LogP contribution in [0.5, 0.6) is 0 Å². The summed E-state index contributed by atoms with van der Waals surface area (Å²) in [6.45, 7) is 4.08. The second-order valence-corrected chi connectivity index (χ2v) is 4.66. The van der Waals surface area contributed by atoms with E-state index in [0.717, 1.165) is 0 Å². The van der Waals surface area contributed by atoms with E-state index in [9.17, 15) is 9.36 Å². The van der Waals surface area contributed by atoms with Gasteiger partial charge in [0, 0.05) is 6.08 Å². The number of rotatable bonds is 7. The molecule has 0 aromatic carbocycles. The van der Waals surface area contributed by atoms with Crippen LogP contribution < -0.4 is 0 Å². The third kappa shape index (κ3) is 6.44. The Hall–Kier alpha value is -0.640. The SMILES string of the molecule is CCOP(=O)(C/C=C/C(=O)OC)OCC. The van der Waals surface area contributed by atoms with Gasteiger partial charge in [0.15, 0.2) is 0 Å². The van der Waals surface area contributed by atoms with Gasteiger partial charge >= 0.3 is 13.6 Å². The fourth-order valence-corrected chi connectivity index (χ4v) is 2.32. The van der Waals surface area contributed by atoms with E-state index in [2.05, 4.69) is 4.74 Å². The minimum atomic E-state index is -3.08. The van der Waals surface area contributed by atoms with E-state index < -0.39 is 13.6 Å². The molecule has 5 nitrogen and oxygen atoms in total. The van der Waals surface area contributed by atoms with E-state index in [1.807, 2.05) is 0 Å². The van der Waals surface area contributed by atoms with E-state index in [1.54, 1.807) is 13.8 Å². The molecular formula is C9H17O5P. The second kappa shape index (κ2) is 7.63. The summed E-state index contributed by atoms with van der Waals surface area (Å²) in [5.41, 5.74) is 0. The van der Waals surface area contributed by atoms with E-state index in [4.69, 9.17) is 9.05 Å². The molecule has 0 unspecified atom stereocenters. The average Bonchev–Trinajstić information content (AvgIpc) is 2.18. The van der Waals surface area contributed by atoms with Crippen molar-refractivity contribution in [1.82, 2.24) is 0 Å². The quantitative estimate of drug-likeness (QED) is 0.384. The molecule has 0 heterocycles. The number of carbonyl (C=O) groups is 1. The van der Waals surface area contributed by atoms with Gasteiger partial charge < -0.3 is 13.8 Å². The Labute approximate surface area is 89.9 Å². The first kappa shape index (κ1) is 14.4. The minimum absolute atomic E-state index is 0.0732. The van der Waals surface area contributed by atoms with E-state index in [-0.39, 0.29) is 6.16 Å². The van der Waals surface area contributed by atoms with Gasteiger partial charge in [-0.05, 0) is 13.8 Å². The van der Waals surface area contributed by atoms with Crippen molar-refractivity contribution >= 4 is 13.6 Å². The van der Waals surface area contributed by atoms with Crippen molar-refractivity contribution in [2.45, 2.75) is 13.8 Å². The Bertz CT molecular complexity index is 251. The van der Waals surface area contributed by atoms with Gasteiger partial charge in [-0.1, -0.05) is 6.08 Å². The second-order valence-electron chi connectivity index (χ2n) is 2.55. The summed E-state index contributed by atoms with van der Waals surface area (Å²) < 4.78 is 26.3. The van der Waals surface area contributed by atoms with Gasteiger partial charge in [0.2, 0.25) is 0 Å². The predicted molar refractivity (Wildman–Crippen MR) is 56.9 cm³/mol. The fourth-order valence-electron chi connectivity index (χ4n) is 0.882. The molecule has 0 saturated carbocycles. The highest BCUT2D eigenvalue weighted by molar-refractivity contribution is 7.54. The average molecular weight is 236 g/mol. The van der Waals surface area contributed by atoms with Gasteiger partial charge in [-0.2, -0.15) is 0 Å². The van der Waals surface area contributed by atoms with E-state index in [0.29, 0.717) is 13.2 Å². The third-order valence-electron chi connectivity index (χ3n) is 1.44. The maximum Gasteiger partial charge on any atom is 0.334 e. The Kier molecular flexibility index (Phi) is 7.30. The summed E-state index contributed by atoms with van der Waals surface area (Å²) in [6.07, 6.45) is 2.70. The molecule has 0 aliphatic carbocycles. The first-order chi connectivity index (χ1) is 7.08. The lowest BCUT2D eigenvalue weighted by Gasteiger charge is -2.14. The first-order valence-corrected chi connectivity index (χ1v) is 6.43. The molecular weight excluding hydrogens is 219 g/mol. The molecule has 0 aromatic heterocycles. The number of methoxy groups -OCH3 is 1. The van der Waals surface area contributed by atoms with Crippen molar-refractivity contribution in [1.29, 1.82) is 0 Å². The molecule has 0 fully saturated rings. The van der Waals surface area contributed by atoms with Crippen LogP contribution in [0.4, 0.5) is 0 Å². The van der Waals surface area contributed by atoms with Crippen molar-refractivity contribution in [2.24, 2.45) is 0 Å². The maximum absolute atomic E-state index is 11.8. The van der Waals surface area contributed by atoms with Crippen LogP contribution in [0, 0.1) is 0 Å². The Morgan fingerprint density at radius 3 is 2.20 bits per heavy atom. The molecule has 0 amide bonds. The van der Waals surface area contributed by atoms with Crippen LogP contribution in [0.25, 0.3) is 0 Å². The van der Waals surface area contributed by atoms with Crippen molar-refractivity contribution < 1.29 is 23.1 Å². The first-order valence-electron chi connectivity index (χ1n) is 4.70. The van der Waals surface area contributed by atoms with Gasteiger partial charge in [0.1, 0.15) is 0 Å². The highest BCUT2D eigenvalue weighted by Crippen LogP contribution is 2.47. The van der Waals surface area contributed by atoms with Crippen LogP contribution in [0.1, 0.15) is 13.8 Å². The molecule has 6 heteroatoms. The topological polar surface area (TPSA) is 61.8 Å². The number of ether oxygens (including phenoxy) is 1. The van der Waals surface area contributed by atoms with Crippen molar-refractivity contribution in [2.75, 3.05) is 26.5 Å². The van der Waals surface area contributed by atoms with Crippen molar-refractivity contribution in [3.8, 4) is 0 Å².